The number of fused-ring (bicyclic) bond motifs is 5. The largest absolute Gasteiger partial charge is 0.478 e. The van der Waals surface area contributed by atoms with Crippen LogP contribution in [0.3, 0.4) is 0 Å². The molecule has 2 bridgehead atoms. The number of hydrogen-bond donors (Lipinski definition) is 2. The molecule has 1 heterocycles. The number of carboxylic acid groups (broad SMARTS) is 1. The number of imide groups is 1. The van der Waals surface area contributed by atoms with Crippen molar-refractivity contribution >= 4 is 35.1 Å². The third kappa shape index (κ3) is 2.81. The number of anilines is 2. The summed E-state index contributed by atoms with van der Waals surface area (Å²) in [6, 6.07) is 12.3. The average molecular weight is 404 g/mol. The van der Waals surface area contributed by atoms with Crippen molar-refractivity contribution in [2.45, 2.75) is 19.3 Å². The molecule has 1 aliphatic heterocycles. The lowest BCUT2D eigenvalue weighted by atomic mass is 9.81. The third-order valence-electron chi connectivity index (χ3n) is 6.68. The van der Waals surface area contributed by atoms with Crippen molar-refractivity contribution in [1.82, 2.24) is 0 Å². The van der Waals surface area contributed by atoms with Crippen LogP contribution in [0.15, 0.2) is 48.5 Å². The number of carbonyl (C=O) groups excluding carboxylic acids is 3. The highest BCUT2D eigenvalue weighted by Gasteiger charge is 2.61. The van der Waals surface area contributed by atoms with Crippen LogP contribution in [-0.4, -0.2) is 28.8 Å². The molecule has 7 heteroatoms. The van der Waals surface area contributed by atoms with Crippen LogP contribution >= 0.6 is 0 Å². The zero-order valence-corrected chi connectivity index (χ0v) is 16.1. The zero-order chi connectivity index (χ0) is 21.0. The molecule has 2 aliphatic carbocycles. The normalized spacial score (nSPS) is 26.7. The van der Waals surface area contributed by atoms with Crippen molar-refractivity contribution in [3.05, 3.63) is 59.7 Å². The topological polar surface area (TPSA) is 104 Å². The van der Waals surface area contributed by atoms with Crippen molar-refractivity contribution < 1.29 is 24.3 Å². The minimum Gasteiger partial charge on any atom is -0.478 e. The molecule has 3 amide bonds. The van der Waals surface area contributed by atoms with E-state index in [4.69, 9.17) is 5.11 Å². The first kappa shape index (κ1) is 18.5. The molecule has 0 aromatic heterocycles. The number of rotatable bonds is 4. The lowest BCUT2D eigenvalue weighted by Gasteiger charge is -2.19. The Bertz CT molecular complexity index is 1050. The molecule has 3 aliphatic rings. The minimum absolute atomic E-state index is 0.0775. The highest BCUT2D eigenvalue weighted by molar-refractivity contribution is 6.22. The average Bonchev–Trinajstić information content (AvgIpc) is 3.42. The first-order chi connectivity index (χ1) is 14.4. The van der Waals surface area contributed by atoms with E-state index in [1.54, 1.807) is 36.4 Å². The van der Waals surface area contributed by atoms with Crippen LogP contribution in [0.2, 0.25) is 0 Å². The summed E-state index contributed by atoms with van der Waals surface area (Å²) >= 11 is 0. The van der Waals surface area contributed by atoms with Gasteiger partial charge in [-0.1, -0.05) is 6.07 Å². The van der Waals surface area contributed by atoms with Crippen molar-refractivity contribution in [2.75, 3.05) is 10.2 Å². The van der Waals surface area contributed by atoms with Crippen LogP contribution < -0.4 is 10.2 Å². The standard InChI is InChI=1S/C23H20N2O5/c26-20(24-16-3-1-2-15(11-16)23(29)30)12-6-8-17(9-7-12)25-21(27)18-13-4-5-14(10-13)19(18)22(25)28/h1-3,6-9,11,13-14,18-19H,4-5,10H2,(H,24,26)(H,29,30)/t13-,14-,18-,19-/m0/s1. The van der Waals surface area contributed by atoms with Gasteiger partial charge in [-0.3, -0.25) is 19.3 Å². The van der Waals surface area contributed by atoms with Gasteiger partial charge in [0, 0.05) is 11.3 Å². The van der Waals surface area contributed by atoms with Crippen LogP contribution in [0.5, 0.6) is 0 Å². The van der Waals surface area contributed by atoms with Gasteiger partial charge in [-0.2, -0.15) is 0 Å². The quantitative estimate of drug-likeness (QED) is 0.762. The summed E-state index contributed by atoms with van der Waals surface area (Å²) < 4.78 is 0. The zero-order valence-electron chi connectivity index (χ0n) is 16.1. The van der Waals surface area contributed by atoms with Gasteiger partial charge in [0.1, 0.15) is 0 Å². The molecular weight excluding hydrogens is 384 g/mol. The fourth-order valence-electron chi connectivity index (χ4n) is 5.36. The first-order valence-corrected chi connectivity index (χ1v) is 10.1. The Morgan fingerprint density at radius 2 is 1.53 bits per heavy atom. The maximum Gasteiger partial charge on any atom is 0.335 e. The van der Waals surface area contributed by atoms with Gasteiger partial charge in [0.05, 0.1) is 23.1 Å². The lowest BCUT2D eigenvalue weighted by Crippen LogP contribution is -2.32. The molecule has 0 unspecified atom stereocenters. The molecule has 2 saturated carbocycles. The Labute approximate surface area is 172 Å². The van der Waals surface area contributed by atoms with E-state index in [-0.39, 0.29) is 29.2 Å². The number of amides is 3. The van der Waals surface area contributed by atoms with Gasteiger partial charge in [0.2, 0.25) is 11.8 Å². The van der Waals surface area contributed by atoms with Crippen LogP contribution in [0.1, 0.15) is 40.0 Å². The maximum absolute atomic E-state index is 12.9. The van der Waals surface area contributed by atoms with E-state index >= 15 is 0 Å². The molecule has 3 fully saturated rings. The molecule has 7 nitrogen and oxygen atoms in total. The number of carbonyl (C=O) groups is 4. The molecule has 0 spiro atoms. The van der Waals surface area contributed by atoms with Crippen LogP contribution in [0, 0.1) is 23.7 Å². The molecule has 152 valence electrons. The second-order valence-electron chi connectivity index (χ2n) is 8.28. The molecule has 4 atom stereocenters. The maximum atomic E-state index is 12.9. The monoisotopic (exact) mass is 404 g/mol. The molecular formula is C23H20N2O5. The predicted octanol–water partition coefficient (Wildman–Crippen LogP) is 3.17. The van der Waals surface area contributed by atoms with Gasteiger partial charge in [0.25, 0.3) is 5.91 Å². The number of carboxylic acids is 1. The Morgan fingerprint density at radius 1 is 0.900 bits per heavy atom. The van der Waals surface area contributed by atoms with Gasteiger partial charge >= 0.3 is 5.97 Å². The fraction of sp³-hybridized carbons (Fsp3) is 0.304. The molecule has 2 N–H and O–H groups in total. The molecule has 2 aromatic carbocycles. The highest BCUT2D eigenvalue weighted by atomic mass is 16.4. The van der Waals surface area contributed by atoms with E-state index in [0.29, 0.717) is 28.8 Å². The molecule has 1 saturated heterocycles. The predicted molar refractivity (Wildman–Crippen MR) is 108 cm³/mol. The number of nitrogens with zero attached hydrogens (tertiary/aromatic N) is 1. The number of hydrogen-bond acceptors (Lipinski definition) is 4. The van der Waals surface area contributed by atoms with Crippen LogP contribution in [0.4, 0.5) is 11.4 Å². The van der Waals surface area contributed by atoms with E-state index < -0.39 is 11.9 Å². The van der Waals surface area contributed by atoms with Crippen LogP contribution in [0.25, 0.3) is 0 Å². The van der Waals surface area contributed by atoms with Crippen molar-refractivity contribution in [2.24, 2.45) is 23.7 Å². The van der Waals surface area contributed by atoms with Gasteiger partial charge in [-0.25, -0.2) is 4.79 Å². The van der Waals surface area contributed by atoms with Gasteiger partial charge in [-0.05, 0) is 73.6 Å². The Hall–Kier alpha value is -3.48. The summed E-state index contributed by atoms with van der Waals surface area (Å²) in [4.78, 5) is 50.7. The van der Waals surface area contributed by atoms with Gasteiger partial charge < -0.3 is 10.4 Å². The number of aromatic carboxylic acids is 1. The smallest absolute Gasteiger partial charge is 0.335 e. The highest BCUT2D eigenvalue weighted by Crippen LogP contribution is 2.56. The number of nitrogens with one attached hydrogen (secondary N) is 1. The van der Waals surface area contributed by atoms with Crippen molar-refractivity contribution in [1.29, 1.82) is 0 Å². The van der Waals surface area contributed by atoms with Crippen molar-refractivity contribution in [3.8, 4) is 0 Å². The molecule has 2 aromatic rings. The van der Waals surface area contributed by atoms with E-state index in [1.807, 2.05) is 0 Å². The Morgan fingerprint density at radius 3 is 2.13 bits per heavy atom. The molecule has 30 heavy (non-hydrogen) atoms. The van der Waals surface area contributed by atoms with E-state index in [2.05, 4.69) is 5.32 Å². The summed E-state index contributed by atoms with van der Waals surface area (Å²) in [5.41, 5.74) is 1.29. The van der Waals surface area contributed by atoms with E-state index in [1.165, 1.54) is 17.0 Å². The van der Waals surface area contributed by atoms with Crippen molar-refractivity contribution in [3.63, 3.8) is 0 Å². The Kier molecular flexibility index (Phi) is 4.20. The SMILES string of the molecule is O=C(O)c1cccc(NC(=O)c2ccc(N3C(=O)[C@H]4[C@H]5CC[C@@H](C5)[C@@H]4C3=O)cc2)c1. The summed E-state index contributed by atoms with van der Waals surface area (Å²) in [7, 11) is 0. The molecule has 0 radical (unpaired) electrons. The lowest BCUT2D eigenvalue weighted by molar-refractivity contribution is -0.123. The van der Waals surface area contributed by atoms with Gasteiger partial charge in [0.15, 0.2) is 0 Å². The fourth-order valence-corrected chi connectivity index (χ4v) is 5.36. The van der Waals surface area contributed by atoms with Crippen LogP contribution in [-0.2, 0) is 9.59 Å². The second kappa shape index (κ2) is 6.79. The first-order valence-electron chi connectivity index (χ1n) is 10.1. The van der Waals surface area contributed by atoms with E-state index in [9.17, 15) is 19.2 Å². The number of benzene rings is 2. The summed E-state index contributed by atoms with van der Waals surface area (Å²) in [5, 5.41) is 11.7. The second-order valence-corrected chi connectivity index (χ2v) is 8.28. The van der Waals surface area contributed by atoms with E-state index in [0.717, 1.165) is 19.3 Å². The summed E-state index contributed by atoms with van der Waals surface area (Å²) in [6.45, 7) is 0. The summed E-state index contributed by atoms with van der Waals surface area (Å²) in [6.07, 6.45) is 3.05. The summed E-state index contributed by atoms with van der Waals surface area (Å²) in [5.74, 6) is -1.41. The third-order valence-corrected chi connectivity index (χ3v) is 6.68. The molecule has 5 rings (SSSR count). The van der Waals surface area contributed by atoms with Gasteiger partial charge in [-0.15, -0.1) is 0 Å². The Balaban J connectivity index is 1.33. The minimum atomic E-state index is -1.08.